The third-order valence-corrected chi connectivity index (χ3v) is 6.52. The number of aryl methyl sites for hydroxylation is 2. The number of phenolic OH excluding ortho intramolecular Hbond substituents is 1. The predicted octanol–water partition coefficient (Wildman–Crippen LogP) is 5.55. The second kappa shape index (κ2) is 11.0. The van der Waals surface area contributed by atoms with Gasteiger partial charge in [-0.3, -0.25) is 9.89 Å². The summed E-state index contributed by atoms with van der Waals surface area (Å²) in [5.74, 6) is 0.910. The molecule has 7 heteroatoms. The number of H-pyrrole nitrogens is 1. The first-order valence-corrected chi connectivity index (χ1v) is 12.4. The smallest absolute Gasteiger partial charge is 0.273 e. The molecule has 0 aliphatic carbocycles. The van der Waals surface area contributed by atoms with Crippen molar-refractivity contribution < 1.29 is 19.4 Å². The fourth-order valence-corrected chi connectivity index (χ4v) is 4.79. The number of hydrogen-bond acceptors (Lipinski definition) is 5. The molecule has 1 atom stereocenters. The van der Waals surface area contributed by atoms with Gasteiger partial charge in [0.1, 0.15) is 22.9 Å². The van der Waals surface area contributed by atoms with Crippen LogP contribution >= 0.6 is 0 Å². The molecule has 0 radical (unpaired) electrons. The molecule has 0 bridgehead atoms. The SMILES string of the molecule is CCCCCOc1ccc(C2c3c(-c4cc(C)cc(C)c4O)n[nH]c3C(=O)N2CCCOC)cc1. The number of aromatic amines is 1. The van der Waals surface area contributed by atoms with Crippen LogP contribution in [0, 0.1) is 13.8 Å². The maximum Gasteiger partial charge on any atom is 0.273 e. The number of amides is 1. The molecule has 1 amide bonds. The lowest BCUT2D eigenvalue weighted by Crippen LogP contribution is -2.31. The lowest BCUT2D eigenvalue weighted by atomic mass is 9.94. The number of ether oxygens (including phenoxy) is 2. The van der Waals surface area contributed by atoms with Crippen LogP contribution in [0.15, 0.2) is 36.4 Å². The monoisotopic (exact) mass is 477 g/mol. The zero-order chi connectivity index (χ0) is 24.9. The van der Waals surface area contributed by atoms with Gasteiger partial charge in [-0.2, -0.15) is 5.10 Å². The highest BCUT2D eigenvalue weighted by Gasteiger charge is 2.42. The number of phenols is 1. The Balaban J connectivity index is 1.72. The van der Waals surface area contributed by atoms with E-state index in [4.69, 9.17) is 9.47 Å². The summed E-state index contributed by atoms with van der Waals surface area (Å²) in [5.41, 5.74) is 5.28. The number of unbranched alkanes of at least 4 members (excludes halogenated alkanes) is 2. The number of hydrogen-bond donors (Lipinski definition) is 2. The van der Waals surface area contributed by atoms with Crippen LogP contribution in [0.5, 0.6) is 11.5 Å². The maximum atomic E-state index is 13.4. The molecule has 3 aromatic rings. The van der Waals surface area contributed by atoms with Crippen LogP contribution in [0.1, 0.15) is 71.4 Å². The van der Waals surface area contributed by atoms with Crippen molar-refractivity contribution in [2.45, 2.75) is 52.5 Å². The number of methoxy groups -OCH3 is 1. The molecular weight excluding hydrogens is 442 g/mol. The van der Waals surface area contributed by atoms with Crippen LogP contribution in [-0.4, -0.2) is 53.0 Å². The number of aromatic hydroxyl groups is 1. The van der Waals surface area contributed by atoms with Crippen molar-refractivity contribution in [1.82, 2.24) is 15.1 Å². The van der Waals surface area contributed by atoms with Crippen molar-refractivity contribution in [3.05, 3.63) is 64.3 Å². The molecule has 1 aliphatic heterocycles. The van der Waals surface area contributed by atoms with Gasteiger partial charge < -0.3 is 19.5 Å². The molecule has 4 rings (SSSR count). The molecule has 0 saturated heterocycles. The summed E-state index contributed by atoms with van der Waals surface area (Å²) in [5, 5.41) is 18.3. The van der Waals surface area contributed by atoms with E-state index in [9.17, 15) is 9.90 Å². The highest BCUT2D eigenvalue weighted by Crippen LogP contribution is 2.45. The van der Waals surface area contributed by atoms with Crippen molar-refractivity contribution >= 4 is 5.91 Å². The molecule has 1 aliphatic rings. The van der Waals surface area contributed by atoms with Crippen molar-refractivity contribution in [3.8, 4) is 22.8 Å². The van der Waals surface area contributed by atoms with E-state index in [1.165, 1.54) is 0 Å². The first-order valence-electron chi connectivity index (χ1n) is 12.4. The molecule has 2 heterocycles. The van der Waals surface area contributed by atoms with Gasteiger partial charge >= 0.3 is 0 Å². The second-order valence-electron chi connectivity index (χ2n) is 9.21. The number of rotatable bonds is 11. The molecule has 35 heavy (non-hydrogen) atoms. The third-order valence-electron chi connectivity index (χ3n) is 6.52. The van der Waals surface area contributed by atoms with Gasteiger partial charge in [-0.05, 0) is 61.6 Å². The van der Waals surface area contributed by atoms with E-state index in [1.807, 2.05) is 55.1 Å². The summed E-state index contributed by atoms with van der Waals surface area (Å²) in [4.78, 5) is 15.3. The van der Waals surface area contributed by atoms with Crippen molar-refractivity contribution in [2.75, 3.05) is 26.9 Å². The highest BCUT2D eigenvalue weighted by atomic mass is 16.5. The Morgan fingerprint density at radius 3 is 2.57 bits per heavy atom. The maximum absolute atomic E-state index is 13.4. The van der Waals surface area contributed by atoms with E-state index in [-0.39, 0.29) is 17.7 Å². The fraction of sp³-hybridized carbons (Fsp3) is 0.429. The van der Waals surface area contributed by atoms with Gasteiger partial charge in [-0.15, -0.1) is 0 Å². The quantitative estimate of drug-likeness (QED) is 0.354. The number of nitrogens with one attached hydrogen (secondary N) is 1. The number of carbonyl (C=O) groups excluding carboxylic acids is 1. The average molecular weight is 478 g/mol. The Hall–Kier alpha value is -3.32. The van der Waals surface area contributed by atoms with Crippen molar-refractivity contribution in [3.63, 3.8) is 0 Å². The summed E-state index contributed by atoms with van der Waals surface area (Å²) in [6.07, 6.45) is 4.06. The van der Waals surface area contributed by atoms with Crippen LogP contribution in [0.25, 0.3) is 11.3 Å². The second-order valence-corrected chi connectivity index (χ2v) is 9.21. The summed E-state index contributed by atoms with van der Waals surface area (Å²) in [6, 6.07) is 11.5. The first-order chi connectivity index (χ1) is 17.0. The summed E-state index contributed by atoms with van der Waals surface area (Å²) in [7, 11) is 1.66. The van der Waals surface area contributed by atoms with Crippen molar-refractivity contribution in [1.29, 1.82) is 0 Å². The molecule has 2 N–H and O–H groups in total. The van der Waals surface area contributed by atoms with E-state index in [2.05, 4.69) is 17.1 Å². The Morgan fingerprint density at radius 1 is 1.09 bits per heavy atom. The van der Waals surface area contributed by atoms with Crippen LogP contribution < -0.4 is 4.74 Å². The van der Waals surface area contributed by atoms with Gasteiger partial charge in [0.2, 0.25) is 0 Å². The number of carbonyl (C=O) groups is 1. The van der Waals surface area contributed by atoms with E-state index in [1.54, 1.807) is 7.11 Å². The van der Waals surface area contributed by atoms with Crippen LogP contribution in [0.3, 0.4) is 0 Å². The molecular formula is C28H35N3O4. The normalized spacial score (nSPS) is 15.0. The number of aromatic nitrogens is 2. The van der Waals surface area contributed by atoms with Gasteiger partial charge in [0.15, 0.2) is 0 Å². The molecule has 1 unspecified atom stereocenters. The van der Waals surface area contributed by atoms with E-state index in [0.717, 1.165) is 53.7 Å². The minimum Gasteiger partial charge on any atom is -0.507 e. The zero-order valence-corrected chi connectivity index (χ0v) is 21.1. The molecule has 0 fully saturated rings. The lowest BCUT2D eigenvalue weighted by molar-refractivity contribution is 0.0723. The van der Waals surface area contributed by atoms with E-state index < -0.39 is 0 Å². The zero-order valence-electron chi connectivity index (χ0n) is 21.1. The largest absolute Gasteiger partial charge is 0.507 e. The van der Waals surface area contributed by atoms with Gasteiger partial charge in [0, 0.05) is 31.4 Å². The Morgan fingerprint density at radius 2 is 1.86 bits per heavy atom. The Kier molecular flexibility index (Phi) is 7.76. The molecule has 2 aromatic carbocycles. The lowest BCUT2D eigenvalue weighted by Gasteiger charge is -2.26. The standard InChI is InChI=1S/C28H35N3O4/c1-5-6-7-15-35-21-11-9-20(10-12-21)26-23-24(22-17-18(2)16-19(3)27(22)32)29-30-25(23)28(33)31(26)13-8-14-34-4/h9-12,16-17,26,32H,5-8,13-15H2,1-4H3,(H,29,30). The first kappa shape index (κ1) is 24.8. The minimum absolute atomic E-state index is 0.0939. The Labute approximate surface area is 207 Å². The van der Waals surface area contributed by atoms with E-state index in [0.29, 0.717) is 36.7 Å². The fourth-order valence-electron chi connectivity index (χ4n) is 4.79. The van der Waals surface area contributed by atoms with Crippen molar-refractivity contribution in [2.24, 2.45) is 0 Å². The molecule has 0 saturated carbocycles. The topological polar surface area (TPSA) is 87.7 Å². The van der Waals surface area contributed by atoms with Crippen LogP contribution in [0.2, 0.25) is 0 Å². The van der Waals surface area contributed by atoms with Gasteiger partial charge in [-0.1, -0.05) is 38.0 Å². The molecule has 7 nitrogen and oxygen atoms in total. The number of nitrogens with zero attached hydrogens (tertiary/aromatic N) is 2. The predicted molar refractivity (Wildman–Crippen MR) is 136 cm³/mol. The number of benzene rings is 2. The molecule has 186 valence electrons. The highest BCUT2D eigenvalue weighted by molar-refractivity contribution is 6.00. The van der Waals surface area contributed by atoms with Gasteiger partial charge in [0.05, 0.1) is 12.6 Å². The summed E-state index contributed by atoms with van der Waals surface area (Å²) >= 11 is 0. The Bertz CT molecular complexity index is 1170. The van der Waals surface area contributed by atoms with Crippen LogP contribution in [-0.2, 0) is 4.74 Å². The minimum atomic E-state index is -0.322. The molecule has 1 aromatic heterocycles. The summed E-state index contributed by atoms with van der Waals surface area (Å²) < 4.78 is 11.1. The summed E-state index contributed by atoms with van der Waals surface area (Å²) in [6.45, 7) is 7.84. The molecule has 0 spiro atoms. The average Bonchev–Trinajstić information content (AvgIpc) is 3.39. The van der Waals surface area contributed by atoms with Gasteiger partial charge in [-0.25, -0.2) is 0 Å². The number of fused-ring (bicyclic) bond motifs is 1. The van der Waals surface area contributed by atoms with Crippen LogP contribution in [0.4, 0.5) is 0 Å². The van der Waals surface area contributed by atoms with Gasteiger partial charge in [0.25, 0.3) is 5.91 Å². The third kappa shape index (κ3) is 5.05. The van der Waals surface area contributed by atoms with E-state index >= 15 is 0 Å².